The monoisotopic (exact) mass is 454 g/mol. The van der Waals surface area contributed by atoms with E-state index < -0.39 is 0 Å². The molecule has 6 heteroatoms. The van der Waals surface area contributed by atoms with Gasteiger partial charge in [0, 0.05) is 21.7 Å². The molecule has 2 aromatic heterocycles. The third-order valence-electron chi connectivity index (χ3n) is 6.00. The van der Waals surface area contributed by atoms with Crippen LogP contribution in [0.1, 0.15) is 50.8 Å². The average Bonchev–Trinajstić information content (AvgIpc) is 3.50. The third-order valence-corrected chi connectivity index (χ3v) is 7.36. The molecule has 0 radical (unpaired) electrons. The van der Waals surface area contributed by atoms with E-state index >= 15 is 0 Å². The van der Waals surface area contributed by atoms with Crippen LogP contribution in [0.25, 0.3) is 5.00 Å². The topological polar surface area (TPSA) is 43.1 Å². The Bertz CT molecular complexity index is 1460. The predicted octanol–water partition coefficient (Wildman–Crippen LogP) is 5.53. The molecule has 0 unspecified atom stereocenters. The molecule has 0 bridgehead atoms. The van der Waals surface area contributed by atoms with Crippen LogP contribution in [0.15, 0.2) is 53.5 Å². The van der Waals surface area contributed by atoms with E-state index in [1.807, 2.05) is 31.2 Å². The first kappa shape index (κ1) is 19.5. The largest absolute Gasteiger partial charge is 0.276 e. The number of benzene rings is 2. The Morgan fingerprint density at radius 1 is 0.969 bits per heavy atom. The molecule has 0 amide bonds. The zero-order valence-corrected chi connectivity index (χ0v) is 19.1. The minimum absolute atomic E-state index is 0.457. The Kier molecular flexibility index (Phi) is 4.71. The molecule has 6 rings (SSSR count). The van der Waals surface area contributed by atoms with Crippen LogP contribution in [-0.4, -0.2) is 20.5 Å². The molecule has 4 nitrogen and oxygen atoms in total. The van der Waals surface area contributed by atoms with Crippen molar-refractivity contribution in [3.05, 3.63) is 97.9 Å². The van der Waals surface area contributed by atoms with Crippen molar-refractivity contribution in [2.24, 2.45) is 4.99 Å². The second kappa shape index (κ2) is 7.74. The molecule has 1 aliphatic carbocycles. The molecular weight excluding hydrogens is 436 g/mol. The van der Waals surface area contributed by atoms with Gasteiger partial charge in [-0.15, -0.1) is 21.5 Å². The Hall–Kier alpha value is -3.20. The molecule has 32 heavy (non-hydrogen) atoms. The van der Waals surface area contributed by atoms with Crippen molar-refractivity contribution >= 4 is 28.6 Å². The number of aromatic nitrogens is 3. The first-order valence-corrected chi connectivity index (χ1v) is 11.9. The highest BCUT2D eigenvalue weighted by Gasteiger charge is 2.25. The fourth-order valence-corrected chi connectivity index (χ4v) is 5.76. The highest BCUT2D eigenvalue weighted by molar-refractivity contribution is 7.15. The minimum Gasteiger partial charge on any atom is -0.276 e. The molecule has 0 spiro atoms. The molecule has 2 aliphatic rings. The number of aliphatic imine (C=N–C) groups is 1. The van der Waals surface area contributed by atoms with Gasteiger partial charge in [0.15, 0.2) is 5.82 Å². The van der Waals surface area contributed by atoms with E-state index in [4.69, 9.17) is 16.6 Å². The molecular formula is C26H19ClN4S. The van der Waals surface area contributed by atoms with Gasteiger partial charge in [0.05, 0.1) is 10.6 Å². The van der Waals surface area contributed by atoms with Crippen LogP contribution in [0.2, 0.25) is 5.02 Å². The van der Waals surface area contributed by atoms with Gasteiger partial charge in [-0.2, -0.15) is 0 Å². The maximum Gasteiger partial charge on any atom is 0.160 e. The summed E-state index contributed by atoms with van der Waals surface area (Å²) in [6.07, 6.45) is 3.59. The zero-order valence-electron chi connectivity index (χ0n) is 17.5. The maximum atomic E-state index is 6.55. The first-order valence-electron chi connectivity index (χ1n) is 10.7. The number of fused-ring (bicyclic) bond motifs is 4. The van der Waals surface area contributed by atoms with Crippen molar-refractivity contribution < 1.29 is 0 Å². The van der Waals surface area contributed by atoms with Crippen molar-refractivity contribution in [2.75, 3.05) is 0 Å². The van der Waals surface area contributed by atoms with Gasteiger partial charge in [0.2, 0.25) is 0 Å². The number of nitrogens with zero attached hydrogens (tertiary/aromatic N) is 4. The van der Waals surface area contributed by atoms with Crippen LogP contribution in [0, 0.1) is 18.8 Å². The van der Waals surface area contributed by atoms with Crippen molar-refractivity contribution in [3.63, 3.8) is 0 Å². The highest BCUT2D eigenvalue weighted by atomic mass is 35.5. The van der Waals surface area contributed by atoms with E-state index in [0.29, 0.717) is 11.6 Å². The standard InChI is InChI=1S/C26H19ClN4S/c1-16-29-30-24-15-28-25(21-7-2-3-8-23(21)27)22-14-20(32-26(22)31(16)24)12-10-17-9-11-18-5-4-6-19(18)13-17/h2-3,7-9,11,13-14H,4-6,15H2,1H3. The van der Waals surface area contributed by atoms with Crippen LogP contribution in [-0.2, 0) is 19.4 Å². The summed E-state index contributed by atoms with van der Waals surface area (Å²) >= 11 is 8.19. The lowest BCUT2D eigenvalue weighted by Crippen LogP contribution is -2.05. The lowest BCUT2D eigenvalue weighted by atomic mass is 10.0. The molecule has 156 valence electrons. The molecule has 0 fully saturated rings. The van der Waals surface area contributed by atoms with E-state index in [0.717, 1.165) is 50.3 Å². The van der Waals surface area contributed by atoms with Crippen LogP contribution in [0.4, 0.5) is 0 Å². The SMILES string of the molecule is Cc1nnc2n1-c1sc(C#Cc3ccc4c(c3)CCC4)cc1C(c1ccccc1Cl)=NC2. The van der Waals surface area contributed by atoms with Gasteiger partial charge >= 0.3 is 0 Å². The lowest BCUT2D eigenvalue weighted by Gasteiger charge is -2.08. The number of thiophene rings is 1. The number of hydrogen-bond acceptors (Lipinski definition) is 4. The predicted molar refractivity (Wildman–Crippen MR) is 129 cm³/mol. The van der Waals surface area contributed by atoms with Gasteiger partial charge in [-0.3, -0.25) is 9.56 Å². The molecule has 0 saturated carbocycles. The van der Waals surface area contributed by atoms with Gasteiger partial charge in [-0.05, 0) is 61.6 Å². The Morgan fingerprint density at radius 2 is 1.84 bits per heavy atom. The van der Waals surface area contributed by atoms with Crippen molar-refractivity contribution in [3.8, 4) is 16.8 Å². The molecule has 0 atom stereocenters. The van der Waals surface area contributed by atoms with Gasteiger partial charge in [0.1, 0.15) is 17.4 Å². The molecule has 4 aromatic rings. The summed E-state index contributed by atoms with van der Waals surface area (Å²) in [7, 11) is 0. The number of rotatable bonds is 1. The van der Waals surface area contributed by atoms with Gasteiger partial charge in [-0.25, -0.2) is 0 Å². The highest BCUT2D eigenvalue weighted by Crippen LogP contribution is 2.34. The fraction of sp³-hybridized carbons (Fsp3) is 0.192. The van der Waals surface area contributed by atoms with Gasteiger partial charge in [-0.1, -0.05) is 47.7 Å². The fourth-order valence-electron chi connectivity index (χ4n) is 4.45. The second-order valence-corrected chi connectivity index (χ2v) is 9.50. The van der Waals surface area contributed by atoms with E-state index in [-0.39, 0.29) is 0 Å². The summed E-state index contributed by atoms with van der Waals surface area (Å²) in [4.78, 5) is 5.87. The van der Waals surface area contributed by atoms with E-state index in [1.54, 1.807) is 11.3 Å². The van der Waals surface area contributed by atoms with Crippen molar-refractivity contribution in [1.82, 2.24) is 14.8 Å². The van der Waals surface area contributed by atoms with Crippen LogP contribution < -0.4 is 0 Å². The normalized spacial score (nSPS) is 14.0. The quantitative estimate of drug-likeness (QED) is 0.355. The third kappa shape index (κ3) is 3.28. The summed E-state index contributed by atoms with van der Waals surface area (Å²) < 4.78 is 2.09. The number of halogens is 1. The molecule has 3 heterocycles. The molecule has 0 N–H and O–H groups in total. The number of hydrogen-bond donors (Lipinski definition) is 0. The van der Waals surface area contributed by atoms with Gasteiger partial charge < -0.3 is 0 Å². The average molecular weight is 455 g/mol. The maximum absolute atomic E-state index is 6.55. The summed E-state index contributed by atoms with van der Waals surface area (Å²) in [5, 5.41) is 10.3. The summed E-state index contributed by atoms with van der Waals surface area (Å²) in [5.74, 6) is 8.42. The summed E-state index contributed by atoms with van der Waals surface area (Å²) in [6.45, 7) is 2.43. The van der Waals surface area contributed by atoms with Crippen molar-refractivity contribution in [2.45, 2.75) is 32.7 Å². The van der Waals surface area contributed by atoms with E-state index in [9.17, 15) is 0 Å². The zero-order chi connectivity index (χ0) is 21.7. The van der Waals surface area contributed by atoms with Crippen LogP contribution in [0.5, 0.6) is 0 Å². The van der Waals surface area contributed by atoms with Crippen LogP contribution in [0.3, 0.4) is 0 Å². The van der Waals surface area contributed by atoms with Gasteiger partial charge in [0.25, 0.3) is 0 Å². The Morgan fingerprint density at radius 3 is 2.75 bits per heavy atom. The number of aryl methyl sites for hydroxylation is 3. The van der Waals surface area contributed by atoms with Crippen molar-refractivity contribution in [1.29, 1.82) is 0 Å². The van der Waals surface area contributed by atoms with E-state index in [2.05, 4.69) is 50.9 Å². The molecule has 2 aromatic carbocycles. The molecule has 0 saturated heterocycles. The lowest BCUT2D eigenvalue weighted by molar-refractivity contribution is 0.869. The molecule has 1 aliphatic heterocycles. The first-order chi connectivity index (χ1) is 15.7. The Labute approximate surface area is 195 Å². The summed E-state index contributed by atoms with van der Waals surface area (Å²) in [6, 6.07) is 16.6. The smallest absolute Gasteiger partial charge is 0.160 e. The van der Waals surface area contributed by atoms with E-state index in [1.165, 1.54) is 24.0 Å². The Balaban J connectivity index is 1.47. The summed E-state index contributed by atoms with van der Waals surface area (Å²) in [5.41, 5.74) is 6.78. The second-order valence-electron chi connectivity index (χ2n) is 8.06. The minimum atomic E-state index is 0.457. The van der Waals surface area contributed by atoms with Crippen LogP contribution >= 0.6 is 22.9 Å².